The minimum Gasteiger partial charge on any atom is -0.376 e. The number of fused-ring (bicyclic) bond motifs is 2. The fourth-order valence-electron chi connectivity index (χ4n) is 4.11. The number of benzene rings is 1. The molecule has 0 aliphatic carbocycles. The smallest absolute Gasteiger partial charge is 0.268 e. The van der Waals surface area contributed by atoms with Crippen molar-refractivity contribution in [3.05, 3.63) is 46.1 Å². The summed E-state index contributed by atoms with van der Waals surface area (Å²) < 4.78 is 1.08. The van der Waals surface area contributed by atoms with E-state index in [0.29, 0.717) is 11.8 Å². The predicted octanol–water partition coefficient (Wildman–Crippen LogP) is 3.80. The molecule has 0 spiro atoms. The third-order valence-corrected chi connectivity index (χ3v) is 6.57. The Kier molecular flexibility index (Phi) is 2.65. The summed E-state index contributed by atoms with van der Waals surface area (Å²) in [6.07, 6.45) is 3.40. The highest BCUT2D eigenvalue weighted by Crippen LogP contribution is 2.44. The molecule has 2 fully saturated rings. The average Bonchev–Trinajstić information content (AvgIpc) is 3.08. The Hall–Kier alpha value is -1.52. The van der Waals surface area contributed by atoms with E-state index >= 15 is 0 Å². The maximum absolute atomic E-state index is 13.0. The summed E-state index contributed by atoms with van der Waals surface area (Å²) >= 11 is 7.78. The molecule has 2 atom stereocenters. The van der Waals surface area contributed by atoms with Crippen molar-refractivity contribution in [2.24, 2.45) is 11.8 Å². The standard InChI is InChI=1S/C17H15ClN2OS/c18-13-2-1-3-15-12(13)6-16(22-15)17(21)20-8-10-7-19-5-4-11(10)14(20)9-19/h1-3,6,9-11H,4-5,7-8H2/t10-,11-/m1/s1. The lowest BCUT2D eigenvalue weighted by Crippen LogP contribution is -2.40. The number of carbonyl (C=O) groups is 1. The molecule has 5 heterocycles. The molecule has 1 amide bonds. The first kappa shape index (κ1) is 13.0. The quantitative estimate of drug-likeness (QED) is 0.794. The number of thiophene rings is 1. The van der Waals surface area contributed by atoms with Crippen LogP contribution >= 0.6 is 22.9 Å². The van der Waals surface area contributed by atoms with E-state index in [1.54, 1.807) is 11.3 Å². The molecular formula is C17H15ClN2OS. The maximum atomic E-state index is 13.0. The van der Waals surface area contributed by atoms with Gasteiger partial charge in [-0.15, -0.1) is 11.3 Å². The second kappa shape index (κ2) is 4.49. The lowest BCUT2D eigenvalue weighted by molar-refractivity contribution is 0.0825. The molecule has 2 aromatic rings. The molecule has 112 valence electrons. The minimum atomic E-state index is 0.139. The molecule has 2 saturated heterocycles. The Balaban J connectivity index is 1.54. The van der Waals surface area contributed by atoms with Crippen LogP contribution in [0, 0.1) is 11.8 Å². The van der Waals surface area contributed by atoms with Crippen LogP contribution in [0.15, 0.2) is 36.2 Å². The topological polar surface area (TPSA) is 23.6 Å². The Morgan fingerprint density at radius 1 is 1.32 bits per heavy atom. The van der Waals surface area contributed by atoms with Crippen molar-refractivity contribution < 1.29 is 4.79 Å². The van der Waals surface area contributed by atoms with Crippen LogP contribution in [0.5, 0.6) is 0 Å². The van der Waals surface area contributed by atoms with Gasteiger partial charge in [0, 0.05) is 58.5 Å². The SMILES string of the molecule is O=C(c1cc2c(Cl)cccc2s1)N1C[C@H]2CN3C=C1[C@@H]2CC3. The summed E-state index contributed by atoms with van der Waals surface area (Å²) in [6, 6.07) is 7.79. The Morgan fingerprint density at radius 3 is 3.00 bits per heavy atom. The van der Waals surface area contributed by atoms with Crippen LogP contribution in [0.1, 0.15) is 16.1 Å². The highest BCUT2D eigenvalue weighted by atomic mass is 35.5. The van der Waals surface area contributed by atoms with Gasteiger partial charge in [0.05, 0.1) is 4.88 Å². The van der Waals surface area contributed by atoms with Gasteiger partial charge in [0.15, 0.2) is 0 Å². The molecule has 0 radical (unpaired) electrons. The van der Waals surface area contributed by atoms with Gasteiger partial charge >= 0.3 is 0 Å². The minimum absolute atomic E-state index is 0.139. The van der Waals surface area contributed by atoms with Crippen molar-refractivity contribution >= 4 is 38.9 Å². The molecule has 0 saturated carbocycles. The molecule has 1 aromatic heterocycles. The first-order valence-corrected chi connectivity index (χ1v) is 8.86. The number of hydrogen-bond donors (Lipinski definition) is 0. The molecule has 4 aliphatic heterocycles. The van der Waals surface area contributed by atoms with Crippen molar-refractivity contribution in [2.75, 3.05) is 19.6 Å². The summed E-state index contributed by atoms with van der Waals surface area (Å²) in [5, 5.41) is 1.70. The van der Waals surface area contributed by atoms with E-state index in [2.05, 4.69) is 11.1 Å². The van der Waals surface area contributed by atoms with E-state index in [0.717, 1.165) is 39.6 Å². The summed E-state index contributed by atoms with van der Waals surface area (Å²) in [5.41, 5.74) is 1.23. The lowest BCUT2D eigenvalue weighted by atomic mass is 9.84. The third kappa shape index (κ3) is 1.71. The fraction of sp³-hybridized carbons (Fsp3) is 0.353. The molecular weight excluding hydrogens is 316 g/mol. The van der Waals surface area contributed by atoms with Crippen LogP contribution in [-0.2, 0) is 0 Å². The first-order valence-electron chi connectivity index (χ1n) is 7.66. The Bertz CT molecular complexity index is 827. The molecule has 1 aromatic carbocycles. The fourth-order valence-corrected chi connectivity index (χ4v) is 5.43. The van der Waals surface area contributed by atoms with Crippen molar-refractivity contribution in [2.45, 2.75) is 6.42 Å². The summed E-state index contributed by atoms with van der Waals surface area (Å²) in [7, 11) is 0. The normalized spacial score (nSPS) is 26.0. The van der Waals surface area contributed by atoms with Crippen LogP contribution in [-0.4, -0.2) is 35.3 Å². The zero-order valence-corrected chi connectivity index (χ0v) is 13.5. The monoisotopic (exact) mass is 330 g/mol. The van der Waals surface area contributed by atoms with Gasteiger partial charge in [-0.2, -0.15) is 0 Å². The molecule has 5 heteroatoms. The van der Waals surface area contributed by atoms with Crippen LogP contribution in [0.2, 0.25) is 5.02 Å². The number of allylic oxidation sites excluding steroid dienone is 1. The molecule has 4 bridgehead atoms. The average molecular weight is 331 g/mol. The van der Waals surface area contributed by atoms with E-state index in [4.69, 9.17) is 11.6 Å². The number of amides is 1. The van der Waals surface area contributed by atoms with Crippen LogP contribution in [0.3, 0.4) is 0 Å². The summed E-state index contributed by atoms with van der Waals surface area (Å²) in [4.78, 5) is 18.2. The number of likely N-dealkylation sites (tertiary alicyclic amines) is 1. The number of piperidine rings is 1. The molecule has 3 nitrogen and oxygen atoms in total. The van der Waals surface area contributed by atoms with Gasteiger partial charge in [-0.1, -0.05) is 17.7 Å². The summed E-state index contributed by atoms with van der Waals surface area (Å²) in [6.45, 7) is 3.12. The molecule has 0 unspecified atom stereocenters. The maximum Gasteiger partial charge on any atom is 0.268 e. The van der Waals surface area contributed by atoms with Crippen molar-refractivity contribution in [1.29, 1.82) is 0 Å². The number of halogens is 1. The number of rotatable bonds is 1. The van der Waals surface area contributed by atoms with E-state index in [9.17, 15) is 4.79 Å². The highest BCUT2D eigenvalue weighted by molar-refractivity contribution is 7.20. The van der Waals surface area contributed by atoms with Gasteiger partial charge in [-0.05, 0) is 24.6 Å². The number of carbonyl (C=O) groups excluding carboxylic acids is 1. The van der Waals surface area contributed by atoms with Crippen LogP contribution < -0.4 is 0 Å². The van der Waals surface area contributed by atoms with E-state index in [1.165, 1.54) is 12.1 Å². The van der Waals surface area contributed by atoms with Crippen molar-refractivity contribution in [1.82, 2.24) is 9.80 Å². The lowest BCUT2D eigenvalue weighted by Gasteiger charge is -2.39. The van der Waals surface area contributed by atoms with Gasteiger partial charge in [0.1, 0.15) is 0 Å². The van der Waals surface area contributed by atoms with E-state index in [-0.39, 0.29) is 5.91 Å². The van der Waals surface area contributed by atoms with Crippen molar-refractivity contribution in [3.63, 3.8) is 0 Å². The summed E-state index contributed by atoms with van der Waals surface area (Å²) in [5.74, 6) is 1.35. The van der Waals surface area contributed by atoms with Gasteiger partial charge in [0.25, 0.3) is 5.91 Å². The highest BCUT2D eigenvalue weighted by Gasteiger charge is 2.46. The Labute approximate surface area is 137 Å². The van der Waals surface area contributed by atoms with Crippen LogP contribution in [0.4, 0.5) is 0 Å². The number of nitrogens with zero attached hydrogens (tertiary/aromatic N) is 2. The number of hydrogen-bond acceptors (Lipinski definition) is 3. The van der Waals surface area contributed by atoms with Gasteiger partial charge in [-0.3, -0.25) is 4.79 Å². The molecule has 22 heavy (non-hydrogen) atoms. The second-order valence-electron chi connectivity index (χ2n) is 6.38. The van der Waals surface area contributed by atoms with Gasteiger partial charge in [0.2, 0.25) is 0 Å². The predicted molar refractivity (Wildman–Crippen MR) is 89.1 cm³/mol. The molecule has 6 rings (SSSR count). The largest absolute Gasteiger partial charge is 0.376 e. The van der Waals surface area contributed by atoms with Gasteiger partial charge < -0.3 is 9.80 Å². The van der Waals surface area contributed by atoms with E-state index in [1.807, 2.05) is 29.2 Å². The van der Waals surface area contributed by atoms with E-state index < -0.39 is 0 Å². The third-order valence-electron chi connectivity index (χ3n) is 5.15. The molecule has 0 N–H and O–H groups in total. The van der Waals surface area contributed by atoms with Crippen LogP contribution in [0.25, 0.3) is 10.1 Å². The zero-order valence-electron chi connectivity index (χ0n) is 12.0. The second-order valence-corrected chi connectivity index (χ2v) is 7.87. The van der Waals surface area contributed by atoms with Crippen molar-refractivity contribution in [3.8, 4) is 0 Å². The molecule has 4 aliphatic rings. The zero-order chi connectivity index (χ0) is 14.8. The Morgan fingerprint density at radius 2 is 2.23 bits per heavy atom. The van der Waals surface area contributed by atoms with Gasteiger partial charge in [-0.25, -0.2) is 0 Å². The first-order chi connectivity index (χ1) is 10.7.